The monoisotopic (exact) mass is 212 g/mol. The summed E-state index contributed by atoms with van der Waals surface area (Å²) in [6, 6.07) is 0. The molecule has 2 nitrogen and oxygen atoms in total. The summed E-state index contributed by atoms with van der Waals surface area (Å²) in [5, 5.41) is 0. The first-order valence-electron chi connectivity index (χ1n) is 4.34. The van der Waals surface area contributed by atoms with Crippen LogP contribution in [0.1, 0.15) is 33.1 Å². The second kappa shape index (κ2) is 4.77. The van der Waals surface area contributed by atoms with Crippen molar-refractivity contribution in [2.75, 3.05) is 7.11 Å². The molecule has 0 atom stereocenters. The number of rotatable bonds is 5. The number of methoxy groups -OCH3 is 1. The van der Waals surface area contributed by atoms with Crippen molar-refractivity contribution in [1.29, 1.82) is 0 Å². The van der Waals surface area contributed by atoms with Crippen molar-refractivity contribution in [3.05, 3.63) is 0 Å². The van der Waals surface area contributed by atoms with E-state index in [4.69, 9.17) is 4.74 Å². The van der Waals surface area contributed by atoms with Crippen molar-refractivity contribution < 1.29 is 22.7 Å². The molecule has 0 aliphatic carbocycles. The predicted molar refractivity (Wildman–Crippen MR) is 46.0 cm³/mol. The lowest BCUT2D eigenvalue weighted by Gasteiger charge is -2.21. The maximum atomic E-state index is 11.7. The van der Waals surface area contributed by atoms with E-state index < -0.39 is 18.2 Å². The van der Waals surface area contributed by atoms with Crippen molar-refractivity contribution in [1.82, 2.24) is 0 Å². The lowest BCUT2D eigenvalue weighted by molar-refractivity contribution is -0.143. The highest BCUT2D eigenvalue weighted by Gasteiger charge is 2.30. The van der Waals surface area contributed by atoms with E-state index in [1.807, 2.05) is 0 Å². The smallest absolute Gasteiger partial charge is 0.371 e. The van der Waals surface area contributed by atoms with Gasteiger partial charge in [-0.1, -0.05) is 0 Å². The zero-order chi connectivity index (χ0) is 11.4. The van der Waals surface area contributed by atoms with Gasteiger partial charge in [-0.15, -0.1) is 0 Å². The van der Waals surface area contributed by atoms with Gasteiger partial charge in [0.1, 0.15) is 5.60 Å². The van der Waals surface area contributed by atoms with E-state index in [9.17, 15) is 18.0 Å². The molecule has 5 heteroatoms. The Morgan fingerprint density at radius 1 is 1.29 bits per heavy atom. The highest BCUT2D eigenvalue weighted by molar-refractivity contribution is 5.86. The molecule has 14 heavy (non-hydrogen) atoms. The highest BCUT2D eigenvalue weighted by atomic mass is 19.4. The maximum Gasteiger partial charge on any atom is 0.389 e. The number of hydrogen-bond donors (Lipinski definition) is 0. The SMILES string of the molecule is COC(C)(C)C(=O)CCCC(F)(F)F. The third-order valence-corrected chi connectivity index (χ3v) is 2.05. The van der Waals surface area contributed by atoms with Gasteiger partial charge in [-0.2, -0.15) is 13.2 Å². The number of ether oxygens (including phenoxy) is 1. The first-order chi connectivity index (χ1) is 6.19. The number of Topliss-reactive ketones (excluding diaryl/α,β-unsaturated/α-hetero) is 1. The normalized spacial score (nSPS) is 13.0. The van der Waals surface area contributed by atoms with E-state index in [0.29, 0.717) is 0 Å². The lowest BCUT2D eigenvalue weighted by atomic mass is 9.98. The quantitative estimate of drug-likeness (QED) is 0.700. The second-order valence-electron chi connectivity index (χ2n) is 3.61. The van der Waals surface area contributed by atoms with Crippen LogP contribution >= 0.6 is 0 Å². The summed E-state index contributed by atoms with van der Waals surface area (Å²) in [5.41, 5.74) is -0.981. The van der Waals surface area contributed by atoms with E-state index >= 15 is 0 Å². The van der Waals surface area contributed by atoms with E-state index in [-0.39, 0.29) is 18.6 Å². The molecule has 0 N–H and O–H groups in total. The van der Waals surface area contributed by atoms with Crippen LogP contribution < -0.4 is 0 Å². The first-order valence-corrected chi connectivity index (χ1v) is 4.34. The largest absolute Gasteiger partial charge is 0.389 e. The molecule has 0 amide bonds. The molecule has 0 heterocycles. The van der Waals surface area contributed by atoms with Crippen LogP contribution in [0.15, 0.2) is 0 Å². The van der Waals surface area contributed by atoms with Gasteiger partial charge in [0.15, 0.2) is 5.78 Å². The lowest BCUT2D eigenvalue weighted by Crippen LogP contribution is -2.33. The summed E-state index contributed by atoms with van der Waals surface area (Å²) in [5.74, 6) is -0.302. The zero-order valence-electron chi connectivity index (χ0n) is 8.57. The topological polar surface area (TPSA) is 26.3 Å². The van der Waals surface area contributed by atoms with Crippen LogP contribution in [0, 0.1) is 0 Å². The van der Waals surface area contributed by atoms with Gasteiger partial charge in [0.05, 0.1) is 0 Å². The Balaban J connectivity index is 3.87. The number of alkyl halides is 3. The third-order valence-electron chi connectivity index (χ3n) is 2.05. The van der Waals surface area contributed by atoms with Crippen LogP contribution in [0.5, 0.6) is 0 Å². The minimum atomic E-state index is -4.18. The van der Waals surface area contributed by atoms with Crippen molar-refractivity contribution in [2.45, 2.75) is 44.9 Å². The molecule has 0 spiro atoms. The van der Waals surface area contributed by atoms with E-state index in [1.165, 1.54) is 7.11 Å². The van der Waals surface area contributed by atoms with E-state index in [2.05, 4.69) is 0 Å². The molecule has 0 unspecified atom stereocenters. The number of halogens is 3. The summed E-state index contributed by atoms with van der Waals surface area (Å²) in [6.45, 7) is 3.09. The average Bonchev–Trinajstić information content (AvgIpc) is 2.02. The minimum absolute atomic E-state index is 0.0969. The van der Waals surface area contributed by atoms with Crippen LogP contribution in [0.3, 0.4) is 0 Å². The maximum absolute atomic E-state index is 11.7. The van der Waals surface area contributed by atoms with Gasteiger partial charge < -0.3 is 4.74 Å². The standard InChI is InChI=1S/C9H15F3O2/c1-8(2,14-3)7(13)5-4-6-9(10,11)12/h4-6H2,1-3H3. The number of hydrogen-bond acceptors (Lipinski definition) is 2. The molecule has 0 saturated carbocycles. The molecule has 0 aromatic rings. The van der Waals surface area contributed by atoms with Crippen LogP contribution in [0.4, 0.5) is 13.2 Å². The molecule has 0 aromatic carbocycles. The Morgan fingerprint density at radius 3 is 2.14 bits per heavy atom. The summed E-state index contributed by atoms with van der Waals surface area (Å²) < 4.78 is 40.1. The first kappa shape index (κ1) is 13.4. The van der Waals surface area contributed by atoms with Gasteiger partial charge in [-0.3, -0.25) is 4.79 Å². The fraction of sp³-hybridized carbons (Fsp3) is 0.889. The fourth-order valence-corrected chi connectivity index (χ4v) is 0.864. The molecular weight excluding hydrogens is 197 g/mol. The second-order valence-corrected chi connectivity index (χ2v) is 3.61. The Bertz CT molecular complexity index is 197. The molecule has 0 saturated heterocycles. The van der Waals surface area contributed by atoms with Crippen LogP contribution in [-0.2, 0) is 9.53 Å². The van der Waals surface area contributed by atoms with Gasteiger partial charge in [-0.25, -0.2) is 0 Å². The molecule has 0 bridgehead atoms. The van der Waals surface area contributed by atoms with Crippen LogP contribution in [0.25, 0.3) is 0 Å². The molecular formula is C9H15F3O2. The number of carbonyl (C=O) groups excluding carboxylic acids is 1. The van der Waals surface area contributed by atoms with Crippen LogP contribution in [0.2, 0.25) is 0 Å². The number of ketones is 1. The van der Waals surface area contributed by atoms with Crippen molar-refractivity contribution in [2.24, 2.45) is 0 Å². The molecule has 0 radical (unpaired) electrons. The Hall–Kier alpha value is -0.580. The molecule has 0 aliphatic rings. The van der Waals surface area contributed by atoms with Gasteiger partial charge in [0.25, 0.3) is 0 Å². The number of carbonyl (C=O) groups is 1. The summed E-state index contributed by atoms with van der Waals surface area (Å²) >= 11 is 0. The Morgan fingerprint density at radius 2 is 1.79 bits per heavy atom. The van der Waals surface area contributed by atoms with Gasteiger partial charge in [-0.05, 0) is 20.3 Å². The van der Waals surface area contributed by atoms with Crippen molar-refractivity contribution in [3.63, 3.8) is 0 Å². The molecule has 0 fully saturated rings. The minimum Gasteiger partial charge on any atom is -0.371 e. The Labute approximate surface area is 81.4 Å². The molecule has 0 aliphatic heterocycles. The summed E-state index contributed by atoms with van der Waals surface area (Å²) in [7, 11) is 1.36. The predicted octanol–water partition coefficient (Wildman–Crippen LogP) is 2.71. The third kappa shape index (κ3) is 5.21. The van der Waals surface area contributed by atoms with Gasteiger partial charge in [0, 0.05) is 20.0 Å². The summed E-state index contributed by atoms with van der Waals surface area (Å²) in [6.07, 6.45) is -5.37. The van der Waals surface area contributed by atoms with Gasteiger partial charge >= 0.3 is 6.18 Å². The zero-order valence-corrected chi connectivity index (χ0v) is 8.57. The average molecular weight is 212 g/mol. The fourth-order valence-electron chi connectivity index (χ4n) is 0.864. The molecule has 0 rings (SSSR count). The molecule has 84 valence electrons. The molecule has 0 aromatic heterocycles. The van der Waals surface area contributed by atoms with Gasteiger partial charge in [0.2, 0.25) is 0 Å². The van der Waals surface area contributed by atoms with E-state index in [0.717, 1.165) is 0 Å². The summed E-state index contributed by atoms with van der Waals surface area (Å²) in [4.78, 5) is 11.3. The van der Waals surface area contributed by atoms with Crippen molar-refractivity contribution >= 4 is 5.78 Å². The van der Waals surface area contributed by atoms with Crippen molar-refractivity contribution in [3.8, 4) is 0 Å². The Kier molecular flexibility index (Phi) is 4.58. The highest BCUT2D eigenvalue weighted by Crippen LogP contribution is 2.23. The van der Waals surface area contributed by atoms with Crippen LogP contribution in [-0.4, -0.2) is 24.7 Å². The van der Waals surface area contributed by atoms with E-state index in [1.54, 1.807) is 13.8 Å².